The first-order valence-electron chi connectivity index (χ1n) is 6.68. The van der Waals surface area contributed by atoms with Gasteiger partial charge in [0.15, 0.2) is 0 Å². The van der Waals surface area contributed by atoms with Crippen molar-refractivity contribution in [2.24, 2.45) is 5.92 Å². The lowest BCUT2D eigenvalue weighted by Gasteiger charge is -2.17. The van der Waals surface area contributed by atoms with Crippen LogP contribution in [0.25, 0.3) is 0 Å². The maximum absolute atomic E-state index is 12.2. The first-order chi connectivity index (χ1) is 10.5. The van der Waals surface area contributed by atoms with Crippen molar-refractivity contribution in [3.63, 3.8) is 0 Å². The standard InChI is InChI=1S/C14H13ClN4O2S/c1-8-2-3-10(5-11(8)15)19-6-9(4-12(19)20)13(21)17-14-18-16-7-22-14/h2-3,5,7,9H,4,6H2,1H3,(H,17,18,21)/t9-/m1/s1. The molecule has 2 amide bonds. The van der Waals surface area contributed by atoms with Crippen LogP contribution in [0.2, 0.25) is 5.02 Å². The number of carbonyl (C=O) groups is 2. The third-order valence-corrected chi connectivity index (χ3v) is 4.57. The van der Waals surface area contributed by atoms with Gasteiger partial charge in [0.05, 0.1) is 5.92 Å². The molecule has 6 nitrogen and oxygen atoms in total. The van der Waals surface area contributed by atoms with Crippen LogP contribution in [0.4, 0.5) is 10.8 Å². The number of halogens is 1. The highest BCUT2D eigenvalue weighted by molar-refractivity contribution is 7.13. The van der Waals surface area contributed by atoms with Gasteiger partial charge in [0, 0.05) is 23.7 Å². The molecule has 1 aliphatic rings. The van der Waals surface area contributed by atoms with Crippen molar-refractivity contribution in [2.75, 3.05) is 16.8 Å². The third kappa shape index (κ3) is 2.95. The number of hydrogen-bond donors (Lipinski definition) is 1. The van der Waals surface area contributed by atoms with Crippen LogP contribution in [0.5, 0.6) is 0 Å². The first-order valence-corrected chi connectivity index (χ1v) is 7.94. The third-order valence-electron chi connectivity index (χ3n) is 3.55. The summed E-state index contributed by atoms with van der Waals surface area (Å²) in [4.78, 5) is 25.9. The molecule has 0 bridgehead atoms. The van der Waals surface area contributed by atoms with E-state index in [0.29, 0.717) is 22.4 Å². The summed E-state index contributed by atoms with van der Waals surface area (Å²) in [5, 5.41) is 11.1. The summed E-state index contributed by atoms with van der Waals surface area (Å²) in [6.07, 6.45) is 0.177. The van der Waals surface area contributed by atoms with E-state index in [1.54, 1.807) is 11.0 Å². The van der Waals surface area contributed by atoms with Gasteiger partial charge in [0.2, 0.25) is 16.9 Å². The summed E-state index contributed by atoms with van der Waals surface area (Å²) in [6, 6.07) is 5.45. The van der Waals surface area contributed by atoms with E-state index in [2.05, 4.69) is 15.5 Å². The van der Waals surface area contributed by atoms with Crippen LogP contribution in [-0.2, 0) is 9.59 Å². The minimum Gasteiger partial charge on any atom is -0.312 e. The van der Waals surface area contributed by atoms with Crippen LogP contribution in [0.3, 0.4) is 0 Å². The van der Waals surface area contributed by atoms with Crippen LogP contribution in [0, 0.1) is 12.8 Å². The van der Waals surface area contributed by atoms with Gasteiger partial charge < -0.3 is 10.2 Å². The summed E-state index contributed by atoms with van der Waals surface area (Å²) in [6.45, 7) is 2.24. The molecule has 0 aliphatic carbocycles. The predicted octanol–water partition coefficient (Wildman–Crippen LogP) is 2.49. The van der Waals surface area contributed by atoms with Gasteiger partial charge in [-0.05, 0) is 24.6 Å². The molecule has 114 valence electrons. The second kappa shape index (κ2) is 6.02. The molecule has 1 aromatic carbocycles. The van der Waals surface area contributed by atoms with Crippen molar-refractivity contribution in [1.29, 1.82) is 0 Å². The molecular weight excluding hydrogens is 324 g/mol. The minimum atomic E-state index is -0.406. The molecule has 1 saturated heterocycles. The lowest BCUT2D eigenvalue weighted by molar-refractivity contribution is -0.122. The fourth-order valence-corrected chi connectivity index (χ4v) is 2.94. The quantitative estimate of drug-likeness (QED) is 0.934. The van der Waals surface area contributed by atoms with Crippen molar-refractivity contribution in [2.45, 2.75) is 13.3 Å². The van der Waals surface area contributed by atoms with E-state index in [9.17, 15) is 9.59 Å². The molecule has 1 aromatic heterocycles. The van der Waals surface area contributed by atoms with Gasteiger partial charge in [0.25, 0.3) is 0 Å². The molecule has 0 unspecified atom stereocenters. The number of aryl methyl sites for hydroxylation is 1. The lowest BCUT2D eigenvalue weighted by atomic mass is 10.1. The summed E-state index contributed by atoms with van der Waals surface area (Å²) in [7, 11) is 0. The highest BCUT2D eigenvalue weighted by atomic mass is 35.5. The van der Waals surface area contributed by atoms with E-state index in [-0.39, 0.29) is 18.2 Å². The second-order valence-corrected chi connectivity index (χ2v) is 6.31. The fourth-order valence-electron chi connectivity index (χ4n) is 2.32. The molecule has 8 heteroatoms. The van der Waals surface area contributed by atoms with E-state index >= 15 is 0 Å². The monoisotopic (exact) mass is 336 g/mol. The van der Waals surface area contributed by atoms with Crippen molar-refractivity contribution >= 4 is 45.6 Å². The Hall–Kier alpha value is -1.99. The van der Waals surface area contributed by atoms with Crippen LogP contribution < -0.4 is 10.2 Å². The minimum absolute atomic E-state index is 0.0858. The normalized spacial score (nSPS) is 17.8. The van der Waals surface area contributed by atoms with Gasteiger partial charge in [-0.25, -0.2) is 0 Å². The molecule has 1 N–H and O–H groups in total. The Labute approximate surface area is 136 Å². The highest BCUT2D eigenvalue weighted by Gasteiger charge is 2.35. The Balaban J connectivity index is 1.72. The summed E-state index contributed by atoms with van der Waals surface area (Å²) in [5.41, 5.74) is 3.20. The average molecular weight is 337 g/mol. The molecule has 1 atom stereocenters. The molecule has 2 aromatic rings. The first kappa shape index (κ1) is 14.9. The maximum Gasteiger partial charge on any atom is 0.231 e. The van der Waals surface area contributed by atoms with Gasteiger partial charge in [-0.2, -0.15) is 0 Å². The fraction of sp³-hybridized carbons (Fsp3) is 0.286. The van der Waals surface area contributed by atoms with Crippen LogP contribution >= 0.6 is 22.9 Å². The number of benzene rings is 1. The van der Waals surface area contributed by atoms with Gasteiger partial charge in [-0.15, -0.1) is 10.2 Å². The Morgan fingerprint density at radius 2 is 2.32 bits per heavy atom. The zero-order chi connectivity index (χ0) is 15.7. The van der Waals surface area contributed by atoms with E-state index in [0.717, 1.165) is 5.56 Å². The largest absolute Gasteiger partial charge is 0.312 e. The number of rotatable bonds is 3. The summed E-state index contributed by atoms with van der Waals surface area (Å²) in [5.74, 6) is -0.709. The molecule has 1 fully saturated rings. The number of nitrogens with zero attached hydrogens (tertiary/aromatic N) is 3. The number of hydrogen-bond acceptors (Lipinski definition) is 5. The summed E-state index contributed by atoms with van der Waals surface area (Å²) < 4.78 is 0. The number of carbonyl (C=O) groups excluding carboxylic acids is 2. The molecule has 0 radical (unpaired) electrons. The Morgan fingerprint density at radius 3 is 3.00 bits per heavy atom. The maximum atomic E-state index is 12.2. The molecular formula is C14H13ClN4O2S. The van der Waals surface area contributed by atoms with Crippen molar-refractivity contribution in [3.8, 4) is 0 Å². The molecule has 1 aliphatic heterocycles. The molecule has 0 spiro atoms. The van der Waals surface area contributed by atoms with E-state index < -0.39 is 5.92 Å². The summed E-state index contributed by atoms with van der Waals surface area (Å²) >= 11 is 7.34. The lowest BCUT2D eigenvalue weighted by Crippen LogP contribution is -2.28. The van der Waals surface area contributed by atoms with Crippen molar-refractivity contribution < 1.29 is 9.59 Å². The number of aromatic nitrogens is 2. The smallest absolute Gasteiger partial charge is 0.231 e. The van der Waals surface area contributed by atoms with Gasteiger partial charge in [-0.3, -0.25) is 9.59 Å². The Bertz CT molecular complexity index is 720. The highest BCUT2D eigenvalue weighted by Crippen LogP contribution is 2.29. The van der Waals surface area contributed by atoms with E-state index in [1.165, 1.54) is 16.8 Å². The Morgan fingerprint density at radius 1 is 1.50 bits per heavy atom. The topological polar surface area (TPSA) is 75.2 Å². The molecule has 2 heterocycles. The molecule has 3 rings (SSSR count). The zero-order valence-electron chi connectivity index (χ0n) is 11.7. The van der Waals surface area contributed by atoms with Crippen LogP contribution in [0.1, 0.15) is 12.0 Å². The van der Waals surface area contributed by atoms with Gasteiger partial charge >= 0.3 is 0 Å². The molecule has 0 saturated carbocycles. The second-order valence-electron chi connectivity index (χ2n) is 5.07. The SMILES string of the molecule is Cc1ccc(N2C[C@H](C(=O)Nc3nncs3)CC2=O)cc1Cl. The number of amides is 2. The Kier molecular flexibility index (Phi) is 4.08. The molecule has 22 heavy (non-hydrogen) atoms. The van der Waals surface area contributed by atoms with Crippen LogP contribution in [0.15, 0.2) is 23.7 Å². The predicted molar refractivity (Wildman–Crippen MR) is 85.2 cm³/mol. The number of nitrogens with one attached hydrogen (secondary N) is 1. The van der Waals surface area contributed by atoms with E-state index in [1.807, 2.05) is 19.1 Å². The van der Waals surface area contributed by atoms with Gasteiger partial charge in [0.1, 0.15) is 5.51 Å². The zero-order valence-corrected chi connectivity index (χ0v) is 13.3. The van der Waals surface area contributed by atoms with Crippen LogP contribution in [-0.4, -0.2) is 28.6 Å². The van der Waals surface area contributed by atoms with Gasteiger partial charge in [-0.1, -0.05) is 29.0 Å². The average Bonchev–Trinajstić information content (AvgIpc) is 3.11. The van der Waals surface area contributed by atoms with Crippen molar-refractivity contribution in [3.05, 3.63) is 34.3 Å². The number of anilines is 2. The van der Waals surface area contributed by atoms with Crippen molar-refractivity contribution in [1.82, 2.24) is 10.2 Å². The van der Waals surface area contributed by atoms with E-state index in [4.69, 9.17) is 11.6 Å².